The second-order valence-electron chi connectivity index (χ2n) is 8.37. The predicted octanol–water partition coefficient (Wildman–Crippen LogP) is 6.05. The standard InChI is InChI=1S/C27H30O4/c1-26(2,3)30-25(28)20-13-21-29-31-27(22-14-7-4-8-15-22,23-16-9-5-10-17-23)24-18-11-6-12-19-24/h4-12,14-19H,13,20-21H2,1-3H3. The fourth-order valence-corrected chi connectivity index (χ4v) is 3.46. The smallest absolute Gasteiger partial charge is 0.306 e. The van der Waals surface area contributed by atoms with Gasteiger partial charge in [0.1, 0.15) is 5.60 Å². The predicted molar refractivity (Wildman–Crippen MR) is 121 cm³/mol. The fraction of sp³-hybridized carbons (Fsp3) is 0.296. The molecule has 0 bridgehead atoms. The highest BCUT2D eigenvalue weighted by Crippen LogP contribution is 2.40. The minimum atomic E-state index is -0.935. The molecule has 0 unspecified atom stereocenters. The summed E-state index contributed by atoms with van der Waals surface area (Å²) >= 11 is 0. The summed E-state index contributed by atoms with van der Waals surface area (Å²) in [6.45, 7) is 5.85. The van der Waals surface area contributed by atoms with Crippen molar-refractivity contribution in [2.24, 2.45) is 0 Å². The van der Waals surface area contributed by atoms with Crippen molar-refractivity contribution in [3.63, 3.8) is 0 Å². The zero-order valence-corrected chi connectivity index (χ0v) is 18.4. The quantitative estimate of drug-likeness (QED) is 0.140. The van der Waals surface area contributed by atoms with E-state index in [1.54, 1.807) is 0 Å². The van der Waals surface area contributed by atoms with Gasteiger partial charge in [0.05, 0.1) is 6.61 Å². The molecule has 162 valence electrons. The molecular formula is C27H30O4. The van der Waals surface area contributed by atoms with Crippen LogP contribution in [0.3, 0.4) is 0 Å². The maximum absolute atomic E-state index is 12.0. The highest BCUT2D eigenvalue weighted by Gasteiger charge is 2.39. The van der Waals surface area contributed by atoms with Crippen molar-refractivity contribution >= 4 is 5.97 Å². The van der Waals surface area contributed by atoms with Crippen LogP contribution in [0.4, 0.5) is 0 Å². The van der Waals surface area contributed by atoms with E-state index in [2.05, 4.69) is 0 Å². The Morgan fingerprint density at radius 3 is 1.52 bits per heavy atom. The van der Waals surface area contributed by atoms with Crippen molar-refractivity contribution in [3.8, 4) is 0 Å². The molecule has 0 heterocycles. The Bertz CT molecular complexity index is 835. The van der Waals surface area contributed by atoms with Gasteiger partial charge in [-0.15, -0.1) is 0 Å². The summed E-state index contributed by atoms with van der Waals surface area (Å²) in [6, 6.07) is 30.1. The van der Waals surface area contributed by atoms with E-state index in [0.717, 1.165) is 16.7 Å². The topological polar surface area (TPSA) is 44.8 Å². The molecule has 4 nitrogen and oxygen atoms in total. The highest BCUT2D eigenvalue weighted by atomic mass is 17.2. The lowest BCUT2D eigenvalue weighted by molar-refractivity contribution is -0.345. The second kappa shape index (κ2) is 10.4. The summed E-state index contributed by atoms with van der Waals surface area (Å²) in [5.41, 5.74) is 1.45. The van der Waals surface area contributed by atoms with E-state index in [9.17, 15) is 4.79 Å². The molecular weight excluding hydrogens is 388 g/mol. The van der Waals surface area contributed by atoms with Crippen LogP contribution in [0, 0.1) is 0 Å². The molecule has 3 aromatic carbocycles. The number of benzene rings is 3. The number of hydrogen-bond donors (Lipinski definition) is 0. The molecule has 0 aliphatic heterocycles. The highest BCUT2D eigenvalue weighted by molar-refractivity contribution is 5.69. The third-order valence-corrected chi connectivity index (χ3v) is 4.75. The number of esters is 1. The second-order valence-corrected chi connectivity index (χ2v) is 8.37. The summed E-state index contributed by atoms with van der Waals surface area (Å²) in [5, 5.41) is 0. The Kier molecular flexibility index (Phi) is 7.61. The van der Waals surface area contributed by atoms with Gasteiger partial charge in [0.25, 0.3) is 0 Å². The Balaban J connectivity index is 1.83. The molecule has 0 amide bonds. The molecule has 0 aromatic heterocycles. The molecule has 0 radical (unpaired) electrons. The van der Waals surface area contributed by atoms with Gasteiger partial charge in [-0.3, -0.25) is 4.79 Å². The van der Waals surface area contributed by atoms with Gasteiger partial charge < -0.3 is 4.74 Å². The summed E-state index contributed by atoms with van der Waals surface area (Å²) in [5.74, 6) is -0.239. The number of carbonyl (C=O) groups excluding carboxylic acids is 1. The molecule has 4 heteroatoms. The summed E-state index contributed by atoms with van der Waals surface area (Å²) in [7, 11) is 0. The first-order valence-corrected chi connectivity index (χ1v) is 10.6. The normalized spacial score (nSPS) is 11.8. The molecule has 0 N–H and O–H groups in total. The number of carbonyl (C=O) groups is 1. The van der Waals surface area contributed by atoms with Crippen molar-refractivity contribution < 1.29 is 19.3 Å². The van der Waals surface area contributed by atoms with Crippen LogP contribution in [0.2, 0.25) is 0 Å². The lowest BCUT2D eigenvalue weighted by Crippen LogP contribution is -2.33. The van der Waals surface area contributed by atoms with Crippen LogP contribution < -0.4 is 0 Å². The minimum Gasteiger partial charge on any atom is -0.460 e. The first-order chi connectivity index (χ1) is 14.9. The number of hydrogen-bond acceptors (Lipinski definition) is 4. The molecule has 0 fully saturated rings. The summed E-state index contributed by atoms with van der Waals surface area (Å²) in [6.07, 6.45) is 0.777. The van der Waals surface area contributed by atoms with Crippen LogP contribution in [0.1, 0.15) is 50.3 Å². The Morgan fingerprint density at radius 1 is 0.710 bits per heavy atom. The third kappa shape index (κ3) is 6.03. The molecule has 31 heavy (non-hydrogen) atoms. The molecule has 0 atom stereocenters. The minimum absolute atomic E-state index is 0.239. The van der Waals surface area contributed by atoms with Crippen LogP contribution in [0.15, 0.2) is 91.0 Å². The van der Waals surface area contributed by atoms with E-state index in [-0.39, 0.29) is 19.0 Å². The number of ether oxygens (including phenoxy) is 1. The lowest BCUT2D eigenvalue weighted by Gasteiger charge is -2.34. The Hall–Kier alpha value is -2.95. The van der Waals surface area contributed by atoms with Crippen molar-refractivity contribution in [1.29, 1.82) is 0 Å². The maximum atomic E-state index is 12.0. The van der Waals surface area contributed by atoms with Crippen LogP contribution in [-0.4, -0.2) is 18.2 Å². The van der Waals surface area contributed by atoms with E-state index in [1.165, 1.54) is 0 Å². The molecule has 3 rings (SSSR count). The van der Waals surface area contributed by atoms with Crippen molar-refractivity contribution in [2.75, 3.05) is 6.61 Å². The zero-order valence-electron chi connectivity index (χ0n) is 18.4. The SMILES string of the molecule is CC(C)(C)OC(=O)CCCOOC(c1ccccc1)(c1ccccc1)c1ccccc1. The van der Waals surface area contributed by atoms with Crippen LogP contribution in [0.25, 0.3) is 0 Å². The van der Waals surface area contributed by atoms with Crippen LogP contribution in [0.5, 0.6) is 0 Å². The molecule has 0 spiro atoms. The third-order valence-electron chi connectivity index (χ3n) is 4.75. The molecule has 0 aliphatic carbocycles. The maximum Gasteiger partial charge on any atom is 0.306 e. The van der Waals surface area contributed by atoms with Crippen molar-refractivity contribution in [1.82, 2.24) is 0 Å². The number of rotatable bonds is 9. The lowest BCUT2D eigenvalue weighted by atomic mass is 9.80. The van der Waals surface area contributed by atoms with Gasteiger partial charge in [-0.05, 0) is 43.9 Å². The van der Waals surface area contributed by atoms with Gasteiger partial charge in [-0.2, -0.15) is 0 Å². The summed E-state index contributed by atoms with van der Waals surface area (Å²) in [4.78, 5) is 23.9. The largest absolute Gasteiger partial charge is 0.460 e. The van der Waals surface area contributed by atoms with Crippen LogP contribution in [-0.2, 0) is 24.9 Å². The van der Waals surface area contributed by atoms with E-state index in [4.69, 9.17) is 14.5 Å². The average Bonchev–Trinajstić information content (AvgIpc) is 2.77. The van der Waals surface area contributed by atoms with Gasteiger partial charge in [-0.1, -0.05) is 91.0 Å². The van der Waals surface area contributed by atoms with Crippen molar-refractivity contribution in [2.45, 2.75) is 44.8 Å². The van der Waals surface area contributed by atoms with Gasteiger partial charge in [0.2, 0.25) is 0 Å². The van der Waals surface area contributed by atoms with Gasteiger partial charge >= 0.3 is 5.97 Å². The average molecular weight is 419 g/mol. The first-order valence-electron chi connectivity index (χ1n) is 10.6. The van der Waals surface area contributed by atoms with E-state index >= 15 is 0 Å². The molecule has 3 aromatic rings. The molecule has 0 saturated carbocycles. The Labute approximate surface area is 184 Å². The van der Waals surface area contributed by atoms with Gasteiger partial charge in [0.15, 0.2) is 5.60 Å². The first kappa shape index (κ1) is 22.7. The monoisotopic (exact) mass is 418 g/mol. The van der Waals surface area contributed by atoms with E-state index < -0.39 is 11.2 Å². The zero-order chi connectivity index (χ0) is 22.2. The van der Waals surface area contributed by atoms with E-state index in [0.29, 0.717) is 6.42 Å². The van der Waals surface area contributed by atoms with E-state index in [1.807, 2.05) is 112 Å². The van der Waals surface area contributed by atoms with Gasteiger partial charge in [-0.25, -0.2) is 9.78 Å². The Morgan fingerprint density at radius 2 is 1.13 bits per heavy atom. The van der Waals surface area contributed by atoms with Crippen molar-refractivity contribution in [3.05, 3.63) is 108 Å². The van der Waals surface area contributed by atoms with Gasteiger partial charge in [0, 0.05) is 6.42 Å². The summed E-state index contributed by atoms with van der Waals surface area (Å²) < 4.78 is 5.36. The molecule has 0 saturated heterocycles. The van der Waals surface area contributed by atoms with Crippen LogP contribution >= 0.6 is 0 Å². The molecule has 0 aliphatic rings. The fourth-order valence-electron chi connectivity index (χ4n) is 3.46.